The average molecular weight is 347 g/mol. The number of fused-ring (bicyclic) bond motifs is 1. The van der Waals surface area contributed by atoms with Gasteiger partial charge in [0.25, 0.3) is 5.91 Å². The summed E-state index contributed by atoms with van der Waals surface area (Å²) in [6.07, 6.45) is 1.12. The number of para-hydroxylation sites is 1. The van der Waals surface area contributed by atoms with Crippen LogP contribution in [-0.4, -0.2) is 47.5 Å². The standard InChI is InChI=1S/C17H21N3O3S/c1-17(16(23)20-9-7-11(8-10-20)14(18)21)15(22)19(2)12-5-3-4-6-13(12)24-17/h3-6,11H,7-10H2,1-2H3,(H2,18,21). The molecule has 6 nitrogen and oxygen atoms in total. The molecule has 7 heteroatoms. The van der Waals surface area contributed by atoms with Gasteiger partial charge in [-0.1, -0.05) is 23.9 Å². The molecule has 1 aromatic carbocycles. The first-order valence-electron chi connectivity index (χ1n) is 7.99. The monoisotopic (exact) mass is 347 g/mol. The van der Waals surface area contributed by atoms with Gasteiger partial charge < -0.3 is 15.5 Å². The van der Waals surface area contributed by atoms with Crippen molar-refractivity contribution in [3.05, 3.63) is 24.3 Å². The smallest absolute Gasteiger partial charge is 0.252 e. The Balaban J connectivity index is 1.82. The number of anilines is 1. The maximum absolute atomic E-state index is 13.1. The number of nitrogens with two attached hydrogens (primary N) is 1. The van der Waals surface area contributed by atoms with Crippen molar-refractivity contribution in [1.29, 1.82) is 0 Å². The van der Waals surface area contributed by atoms with E-state index in [9.17, 15) is 14.4 Å². The normalized spacial score (nSPS) is 24.7. The number of nitrogens with zero attached hydrogens (tertiary/aromatic N) is 2. The van der Waals surface area contributed by atoms with Crippen molar-refractivity contribution in [2.24, 2.45) is 11.7 Å². The number of piperidine rings is 1. The van der Waals surface area contributed by atoms with Gasteiger partial charge in [0.1, 0.15) is 0 Å². The van der Waals surface area contributed by atoms with Crippen molar-refractivity contribution in [3.8, 4) is 0 Å². The minimum atomic E-state index is -1.18. The highest BCUT2D eigenvalue weighted by Gasteiger charge is 2.50. The second kappa shape index (κ2) is 6.12. The molecular formula is C17H21N3O3S. The van der Waals surface area contributed by atoms with Crippen molar-refractivity contribution >= 4 is 35.2 Å². The number of hydrogen-bond acceptors (Lipinski definition) is 4. The molecule has 0 radical (unpaired) electrons. The second-order valence-corrected chi connectivity index (χ2v) is 7.90. The predicted molar refractivity (Wildman–Crippen MR) is 92.6 cm³/mol. The number of likely N-dealkylation sites (tertiary alicyclic amines) is 1. The Bertz CT molecular complexity index is 700. The molecule has 1 fully saturated rings. The van der Waals surface area contributed by atoms with Gasteiger partial charge in [0, 0.05) is 31.0 Å². The first kappa shape index (κ1) is 16.8. The van der Waals surface area contributed by atoms with Gasteiger partial charge in [-0.25, -0.2) is 0 Å². The SMILES string of the molecule is CN1C(=O)C(C)(C(=O)N2CCC(C(N)=O)CC2)Sc2ccccc21. The number of amides is 3. The molecule has 0 spiro atoms. The number of carbonyl (C=O) groups excluding carboxylic acids is 3. The summed E-state index contributed by atoms with van der Waals surface area (Å²) in [6.45, 7) is 2.61. The molecule has 1 aromatic rings. The van der Waals surface area contributed by atoms with Crippen LogP contribution < -0.4 is 10.6 Å². The molecule has 128 valence electrons. The molecular weight excluding hydrogens is 326 g/mol. The molecule has 0 bridgehead atoms. The molecule has 1 unspecified atom stereocenters. The first-order chi connectivity index (χ1) is 11.3. The molecule has 2 aliphatic rings. The summed E-state index contributed by atoms with van der Waals surface area (Å²) in [7, 11) is 1.70. The van der Waals surface area contributed by atoms with Gasteiger partial charge in [-0.05, 0) is 31.9 Å². The molecule has 1 saturated heterocycles. The van der Waals surface area contributed by atoms with E-state index in [0.29, 0.717) is 25.9 Å². The number of rotatable bonds is 2. The third-order valence-corrected chi connectivity index (χ3v) is 6.17. The van der Waals surface area contributed by atoms with Crippen molar-refractivity contribution in [2.45, 2.75) is 29.4 Å². The van der Waals surface area contributed by atoms with E-state index in [4.69, 9.17) is 5.73 Å². The van der Waals surface area contributed by atoms with Crippen molar-refractivity contribution < 1.29 is 14.4 Å². The second-order valence-electron chi connectivity index (χ2n) is 6.44. The highest BCUT2D eigenvalue weighted by molar-refractivity contribution is 8.02. The lowest BCUT2D eigenvalue weighted by molar-refractivity contribution is -0.140. The van der Waals surface area contributed by atoms with Crippen LogP contribution in [0.2, 0.25) is 0 Å². The molecule has 24 heavy (non-hydrogen) atoms. The fraction of sp³-hybridized carbons (Fsp3) is 0.471. The topological polar surface area (TPSA) is 83.7 Å². The van der Waals surface area contributed by atoms with Gasteiger partial charge in [0.05, 0.1) is 5.69 Å². The van der Waals surface area contributed by atoms with E-state index in [0.717, 1.165) is 10.6 Å². The lowest BCUT2D eigenvalue weighted by Gasteiger charge is -2.41. The minimum Gasteiger partial charge on any atom is -0.369 e. The Kier molecular flexibility index (Phi) is 4.29. The summed E-state index contributed by atoms with van der Waals surface area (Å²) in [6, 6.07) is 7.58. The predicted octanol–water partition coefficient (Wildman–Crippen LogP) is 1.24. The van der Waals surface area contributed by atoms with Crippen LogP contribution in [0.1, 0.15) is 19.8 Å². The van der Waals surface area contributed by atoms with Gasteiger partial charge in [0.15, 0.2) is 4.75 Å². The number of primary amides is 1. The zero-order valence-electron chi connectivity index (χ0n) is 13.8. The number of hydrogen-bond donors (Lipinski definition) is 1. The largest absolute Gasteiger partial charge is 0.369 e. The highest BCUT2D eigenvalue weighted by atomic mass is 32.2. The van der Waals surface area contributed by atoms with E-state index in [1.807, 2.05) is 24.3 Å². The molecule has 1 atom stereocenters. The van der Waals surface area contributed by atoms with Crippen LogP contribution in [0, 0.1) is 5.92 Å². The average Bonchev–Trinajstić information content (AvgIpc) is 2.59. The third-order valence-electron chi connectivity index (χ3n) is 4.85. The number of carbonyl (C=O) groups is 3. The molecule has 0 aromatic heterocycles. The van der Waals surface area contributed by atoms with Crippen LogP contribution in [0.3, 0.4) is 0 Å². The zero-order chi connectivity index (χ0) is 17.5. The van der Waals surface area contributed by atoms with E-state index < -0.39 is 4.75 Å². The Morgan fingerprint density at radius 2 is 1.88 bits per heavy atom. The van der Waals surface area contributed by atoms with Crippen LogP contribution in [0.25, 0.3) is 0 Å². The zero-order valence-corrected chi connectivity index (χ0v) is 14.6. The highest BCUT2D eigenvalue weighted by Crippen LogP contribution is 2.45. The summed E-state index contributed by atoms with van der Waals surface area (Å²) in [4.78, 5) is 41.4. The Morgan fingerprint density at radius 3 is 2.50 bits per heavy atom. The van der Waals surface area contributed by atoms with Crippen molar-refractivity contribution in [3.63, 3.8) is 0 Å². The van der Waals surface area contributed by atoms with Gasteiger partial charge >= 0.3 is 0 Å². The van der Waals surface area contributed by atoms with Crippen LogP contribution >= 0.6 is 11.8 Å². The van der Waals surface area contributed by atoms with Crippen LogP contribution in [0.15, 0.2) is 29.2 Å². The summed E-state index contributed by atoms with van der Waals surface area (Å²) < 4.78 is -1.18. The Morgan fingerprint density at radius 1 is 1.25 bits per heavy atom. The van der Waals surface area contributed by atoms with Crippen molar-refractivity contribution in [1.82, 2.24) is 4.90 Å². The van der Waals surface area contributed by atoms with E-state index in [1.54, 1.807) is 23.8 Å². The lowest BCUT2D eigenvalue weighted by Crippen LogP contribution is -2.57. The van der Waals surface area contributed by atoms with Crippen LogP contribution in [0.4, 0.5) is 5.69 Å². The molecule has 2 N–H and O–H groups in total. The molecule has 2 aliphatic heterocycles. The van der Waals surface area contributed by atoms with E-state index >= 15 is 0 Å². The first-order valence-corrected chi connectivity index (χ1v) is 8.81. The number of thioether (sulfide) groups is 1. The summed E-state index contributed by atoms with van der Waals surface area (Å²) in [5.41, 5.74) is 6.17. The maximum atomic E-state index is 13.1. The van der Waals surface area contributed by atoms with Gasteiger partial charge in [-0.3, -0.25) is 14.4 Å². The van der Waals surface area contributed by atoms with Crippen molar-refractivity contribution in [2.75, 3.05) is 25.0 Å². The minimum absolute atomic E-state index is 0.181. The van der Waals surface area contributed by atoms with Gasteiger partial charge in [-0.15, -0.1) is 0 Å². The quantitative estimate of drug-likeness (QED) is 0.816. The summed E-state index contributed by atoms with van der Waals surface area (Å²) in [5.74, 6) is -0.903. The third kappa shape index (κ3) is 2.66. The fourth-order valence-electron chi connectivity index (χ4n) is 3.32. The van der Waals surface area contributed by atoms with E-state index in [1.165, 1.54) is 11.8 Å². The van der Waals surface area contributed by atoms with Crippen LogP contribution in [-0.2, 0) is 14.4 Å². The van der Waals surface area contributed by atoms with Gasteiger partial charge in [-0.2, -0.15) is 0 Å². The molecule has 3 amide bonds. The molecule has 0 aliphatic carbocycles. The Labute approximate surface area is 145 Å². The number of benzene rings is 1. The molecule has 3 rings (SSSR count). The summed E-state index contributed by atoms with van der Waals surface area (Å²) >= 11 is 1.31. The maximum Gasteiger partial charge on any atom is 0.252 e. The van der Waals surface area contributed by atoms with Gasteiger partial charge in [0.2, 0.25) is 11.8 Å². The van der Waals surface area contributed by atoms with Crippen LogP contribution in [0.5, 0.6) is 0 Å². The van der Waals surface area contributed by atoms with E-state index in [-0.39, 0.29) is 23.6 Å². The summed E-state index contributed by atoms with van der Waals surface area (Å²) in [5, 5.41) is 0. The Hall–Kier alpha value is -2.02. The molecule has 0 saturated carbocycles. The lowest BCUT2D eigenvalue weighted by atomic mass is 9.95. The molecule has 2 heterocycles. The fourth-order valence-corrected chi connectivity index (χ4v) is 4.65. The van der Waals surface area contributed by atoms with E-state index in [2.05, 4.69) is 0 Å².